The Bertz CT molecular complexity index is 598. The van der Waals surface area contributed by atoms with Gasteiger partial charge in [-0.2, -0.15) is 0 Å². The average molecular weight is 336 g/mol. The van der Waals surface area contributed by atoms with Gasteiger partial charge in [0.15, 0.2) is 0 Å². The van der Waals surface area contributed by atoms with Crippen molar-refractivity contribution in [2.75, 3.05) is 0 Å². The highest BCUT2D eigenvalue weighted by Gasteiger charge is 2.11. The van der Waals surface area contributed by atoms with Crippen molar-refractivity contribution in [3.8, 4) is 0 Å². The Balaban J connectivity index is 2.06. The van der Waals surface area contributed by atoms with E-state index in [0.29, 0.717) is 5.56 Å². The summed E-state index contributed by atoms with van der Waals surface area (Å²) in [6, 6.07) is 13.4. The second-order valence-corrected chi connectivity index (χ2v) is 5.14. The van der Waals surface area contributed by atoms with Crippen LogP contribution in [0.2, 0.25) is 0 Å². The van der Waals surface area contributed by atoms with Gasteiger partial charge >= 0.3 is 0 Å². The molecule has 0 aromatic heterocycles. The molecule has 0 spiro atoms. The second kappa shape index (κ2) is 6.66. The second-order valence-electron chi connectivity index (χ2n) is 4.58. The highest BCUT2D eigenvalue weighted by atomic mass is 79.9. The molecule has 0 aliphatic heterocycles. The lowest BCUT2D eigenvalue weighted by Gasteiger charge is -2.14. The smallest absolute Gasteiger partial charge is 0.251 e. The number of halogens is 2. The van der Waals surface area contributed by atoms with Crippen molar-refractivity contribution in [2.45, 2.75) is 18.3 Å². The van der Waals surface area contributed by atoms with Crippen LogP contribution >= 0.6 is 15.9 Å². The molecule has 0 bridgehead atoms. The predicted octanol–water partition coefficient (Wildman–Crippen LogP) is 4.21. The summed E-state index contributed by atoms with van der Waals surface area (Å²) in [5, 5.41) is 3.62. The van der Waals surface area contributed by atoms with E-state index in [2.05, 4.69) is 21.2 Å². The van der Waals surface area contributed by atoms with Crippen molar-refractivity contribution in [2.24, 2.45) is 0 Å². The number of hydrogen-bond acceptors (Lipinski definition) is 1. The van der Waals surface area contributed by atoms with Gasteiger partial charge in [-0.05, 0) is 42.3 Å². The summed E-state index contributed by atoms with van der Waals surface area (Å²) in [4.78, 5) is 12.1. The summed E-state index contributed by atoms with van der Waals surface area (Å²) >= 11 is 3.36. The first-order chi connectivity index (χ1) is 9.60. The first-order valence-electron chi connectivity index (χ1n) is 6.31. The Labute approximate surface area is 126 Å². The zero-order valence-corrected chi connectivity index (χ0v) is 12.7. The Hall–Kier alpha value is -1.68. The standard InChI is InChI=1S/C16H15BrFNO/c1-11(14-3-2-4-15(18)9-14)19-16(20)13-7-5-12(10-17)6-8-13/h2-9,11H,10H2,1H3,(H,19,20)/t11-/m1/s1. The highest BCUT2D eigenvalue weighted by molar-refractivity contribution is 9.08. The summed E-state index contributed by atoms with van der Waals surface area (Å²) in [7, 11) is 0. The number of nitrogens with one attached hydrogen (secondary N) is 1. The minimum absolute atomic E-state index is 0.164. The van der Waals surface area contributed by atoms with Crippen LogP contribution in [-0.2, 0) is 5.33 Å². The van der Waals surface area contributed by atoms with Crippen LogP contribution in [0.1, 0.15) is 34.5 Å². The molecule has 2 aromatic rings. The Morgan fingerprint density at radius 1 is 1.25 bits per heavy atom. The van der Waals surface area contributed by atoms with Crippen molar-refractivity contribution in [3.05, 3.63) is 71.0 Å². The van der Waals surface area contributed by atoms with Crippen molar-refractivity contribution < 1.29 is 9.18 Å². The first kappa shape index (κ1) is 14.7. The number of benzene rings is 2. The molecule has 2 rings (SSSR count). The number of hydrogen-bond donors (Lipinski definition) is 1. The molecule has 4 heteroatoms. The van der Waals surface area contributed by atoms with Crippen LogP contribution < -0.4 is 5.32 Å². The van der Waals surface area contributed by atoms with Crippen molar-refractivity contribution in [1.82, 2.24) is 5.32 Å². The minimum Gasteiger partial charge on any atom is -0.346 e. The summed E-state index contributed by atoms with van der Waals surface area (Å²) < 4.78 is 13.2. The minimum atomic E-state index is -0.301. The number of carbonyl (C=O) groups is 1. The van der Waals surface area contributed by atoms with Gasteiger partial charge in [-0.1, -0.05) is 40.2 Å². The fraction of sp³-hybridized carbons (Fsp3) is 0.188. The molecule has 0 heterocycles. The van der Waals surface area contributed by atoms with Crippen LogP contribution in [-0.4, -0.2) is 5.91 Å². The van der Waals surface area contributed by atoms with E-state index in [4.69, 9.17) is 0 Å². The molecule has 0 aliphatic carbocycles. The van der Waals surface area contributed by atoms with Crippen LogP contribution in [0.5, 0.6) is 0 Å². The third-order valence-electron chi connectivity index (χ3n) is 3.07. The summed E-state index contributed by atoms with van der Waals surface area (Å²) in [5.74, 6) is -0.465. The van der Waals surface area contributed by atoms with Crippen LogP contribution in [0.4, 0.5) is 4.39 Å². The van der Waals surface area contributed by atoms with E-state index in [-0.39, 0.29) is 17.8 Å². The Kier molecular flexibility index (Phi) is 4.90. The Morgan fingerprint density at radius 3 is 2.55 bits per heavy atom. The van der Waals surface area contributed by atoms with Crippen LogP contribution in [0, 0.1) is 5.82 Å². The van der Waals surface area contributed by atoms with Gasteiger partial charge in [-0.15, -0.1) is 0 Å². The molecule has 1 amide bonds. The lowest BCUT2D eigenvalue weighted by Crippen LogP contribution is -2.26. The predicted molar refractivity (Wildman–Crippen MR) is 81.4 cm³/mol. The summed E-state index contributed by atoms with van der Waals surface area (Å²) in [6.45, 7) is 1.83. The summed E-state index contributed by atoms with van der Waals surface area (Å²) in [6.07, 6.45) is 0. The van der Waals surface area contributed by atoms with Gasteiger partial charge < -0.3 is 5.32 Å². The van der Waals surface area contributed by atoms with E-state index in [1.165, 1.54) is 12.1 Å². The summed E-state index contributed by atoms with van der Waals surface area (Å²) in [5.41, 5.74) is 2.45. The van der Waals surface area contributed by atoms with Gasteiger partial charge in [-0.3, -0.25) is 4.79 Å². The quantitative estimate of drug-likeness (QED) is 0.833. The Morgan fingerprint density at radius 2 is 1.95 bits per heavy atom. The lowest BCUT2D eigenvalue weighted by atomic mass is 10.1. The number of rotatable bonds is 4. The van der Waals surface area contributed by atoms with Crippen LogP contribution in [0.25, 0.3) is 0 Å². The van der Waals surface area contributed by atoms with Gasteiger partial charge in [0.2, 0.25) is 0 Å². The molecule has 104 valence electrons. The van der Waals surface area contributed by atoms with E-state index >= 15 is 0 Å². The monoisotopic (exact) mass is 335 g/mol. The average Bonchev–Trinajstić information content (AvgIpc) is 2.47. The molecule has 0 radical (unpaired) electrons. The normalized spacial score (nSPS) is 11.9. The SMILES string of the molecule is C[C@@H](NC(=O)c1ccc(CBr)cc1)c1cccc(F)c1. The van der Waals surface area contributed by atoms with E-state index in [1.807, 2.05) is 19.1 Å². The van der Waals surface area contributed by atoms with Gasteiger partial charge in [0.1, 0.15) is 5.82 Å². The molecule has 20 heavy (non-hydrogen) atoms. The molecule has 0 unspecified atom stereocenters. The maximum atomic E-state index is 13.2. The third-order valence-corrected chi connectivity index (χ3v) is 3.71. The van der Waals surface area contributed by atoms with Gasteiger partial charge in [0.05, 0.1) is 6.04 Å². The molecule has 0 saturated carbocycles. The van der Waals surface area contributed by atoms with E-state index in [9.17, 15) is 9.18 Å². The molecular formula is C16H15BrFNO. The van der Waals surface area contributed by atoms with Crippen LogP contribution in [0.3, 0.4) is 0 Å². The first-order valence-corrected chi connectivity index (χ1v) is 7.43. The largest absolute Gasteiger partial charge is 0.346 e. The zero-order chi connectivity index (χ0) is 14.5. The highest BCUT2D eigenvalue weighted by Crippen LogP contribution is 2.15. The lowest BCUT2D eigenvalue weighted by molar-refractivity contribution is 0.0940. The van der Waals surface area contributed by atoms with E-state index < -0.39 is 0 Å². The van der Waals surface area contributed by atoms with Gasteiger partial charge in [0, 0.05) is 10.9 Å². The van der Waals surface area contributed by atoms with Crippen molar-refractivity contribution in [3.63, 3.8) is 0 Å². The van der Waals surface area contributed by atoms with Crippen molar-refractivity contribution in [1.29, 1.82) is 0 Å². The fourth-order valence-electron chi connectivity index (χ4n) is 1.88. The fourth-order valence-corrected chi connectivity index (χ4v) is 2.26. The molecule has 1 atom stereocenters. The molecular weight excluding hydrogens is 321 g/mol. The number of amides is 1. The van der Waals surface area contributed by atoms with E-state index in [0.717, 1.165) is 16.5 Å². The molecule has 2 nitrogen and oxygen atoms in total. The molecule has 0 aliphatic rings. The van der Waals surface area contributed by atoms with Gasteiger partial charge in [0.25, 0.3) is 5.91 Å². The molecule has 1 N–H and O–H groups in total. The maximum Gasteiger partial charge on any atom is 0.251 e. The number of carbonyl (C=O) groups excluding carboxylic acids is 1. The molecule has 2 aromatic carbocycles. The van der Waals surface area contributed by atoms with Crippen LogP contribution in [0.15, 0.2) is 48.5 Å². The third kappa shape index (κ3) is 3.67. The van der Waals surface area contributed by atoms with Gasteiger partial charge in [-0.25, -0.2) is 4.39 Å². The maximum absolute atomic E-state index is 13.2. The van der Waals surface area contributed by atoms with E-state index in [1.54, 1.807) is 24.3 Å². The zero-order valence-electron chi connectivity index (χ0n) is 11.1. The van der Waals surface area contributed by atoms with Crippen molar-refractivity contribution >= 4 is 21.8 Å². The molecule has 0 saturated heterocycles. The topological polar surface area (TPSA) is 29.1 Å². The number of alkyl halides is 1. The molecule has 0 fully saturated rings.